The lowest BCUT2D eigenvalue weighted by Crippen LogP contribution is -2.16. The fourth-order valence-electron chi connectivity index (χ4n) is 2.95. The minimum Gasteiger partial charge on any atom is -0.507 e. The van der Waals surface area contributed by atoms with Crippen molar-refractivity contribution in [2.75, 3.05) is 5.33 Å². The molecule has 0 aliphatic heterocycles. The second-order valence-corrected chi connectivity index (χ2v) is 7.35. The van der Waals surface area contributed by atoms with Gasteiger partial charge in [-0.15, -0.1) is 0 Å². The highest BCUT2D eigenvalue weighted by molar-refractivity contribution is 9.09. The van der Waals surface area contributed by atoms with E-state index in [0.29, 0.717) is 11.0 Å². The van der Waals surface area contributed by atoms with Crippen LogP contribution in [0.2, 0.25) is 0 Å². The van der Waals surface area contributed by atoms with Crippen molar-refractivity contribution in [3.05, 3.63) is 76.1 Å². The summed E-state index contributed by atoms with van der Waals surface area (Å²) in [7, 11) is 0. The molecule has 5 heteroatoms. The zero-order valence-electron chi connectivity index (χ0n) is 16.2. The maximum atomic E-state index is 12.4. The highest BCUT2D eigenvalue weighted by Crippen LogP contribution is 2.35. The van der Waals surface area contributed by atoms with E-state index in [2.05, 4.69) is 22.9 Å². The van der Waals surface area contributed by atoms with Crippen molar-refractivity contribution in [3.8, 4) is 5.75 Å². The van der Waals surface area contributed by atoms with Crippen LogP contribution in [-0.2, 0) is 4.79 Å². The molecular weight excluding hydrogens is 420 g/mol. The van der Waals surface area contributed by atoms with Gasteiger partial charge in [-0.05, 0) is 31.0 Å². The molecule has 4 nitrogen and oxygen atoms in total. The second-order valence-electron chi connectivity index (χ2n) is 6.56. The van der Waals surface area contributed by atoms with E-state index in [1.807, 2.05) is 30.3 Å². The Morgan fingerprint density at radius 3 is 2.32 bits per heavy atom. The molecule has 2 aromatic carbocycles. The molecule has 0 spiro atoms. The molecule has 0 radical (unpaired) electrons. The SMILES string of the molecule is CC(=O)CC(c1ccccc1)c1c(O)c2ccccc2oc1=O.CCCCBr. The smallest absolute Gasteiger partial charge is 0.343 e. The first-order valence-corrected chi connectivity index (χ1v) is 10.5. The molecule has 0 amide bonds. The molecule has 1 unspecified atom stereocenters. The van der Waals surface area contributed by atoms with Crippen molar-refractivity contribution in [2.45, 2.75) is 39.0 Å². The van der Waals surface area contributed by atoms with Crippen LogP contribution in [0.5, 0.6) is 5.75 Å². The first-order valence-electron chi connectivity index (χ1n) is 9.34. The fourth-order valence-corrected chi connectivity index (χ4v) is 3.51. The van der Waals surface area contributed by atoms with Gasteiger partial charge < -0.3 is 9.52 Å². The lowest BCUT2D eigenvalue weighted by Gasteiger charge is -2.17. The highest BCUT2D eigenvalue weighted by atomic mass is 79.9. The Balaban J connectivity index is 0.000000500. The number of hydrogen-bond donors (Lipinski definition) is 1. The molecule has 1 heterocycles. The van der Waals surface area contributed by atoms with Crippen molar-refractivity contribution in [1.29, 1.82) is 0 Å². The van der Waals surface area contributed by atoms with E-state index in [-0.39, 0.29) is 23.5 Å². The van der Waals surface area contributed by atoms with Crippen LogP contribution in [0.3, 0.4) is 0 Å². The average Bonchev–Trinajstić information content (AvgIpc) is 2.69. The Morgan fingerprint density at radius 1 is 1.11 bits per heavy atom. The minimum absolute atomic E-state index is 0.0641. The minimum atomic E-state index is -0.615. The largest absolute Gasteiger partial charge is 0.507 e. The summed E-state index contributed by atoms with van der Waals surface area (Å²) < 4.78 is 5.33. The predicted molar refractivity (Wildman–Crippen MR) is 116 cm³/mol. The Kier molecular flexibility index (Phi) is 8.45. The Hall–Kier alpha value is -2.40. The van der Waals surface area contributed by atoms with Crippen LogP contribution in [0.4, 0.5) is 0 Å². The molecule has 1 aromatic heterocycles. The topological polar surface area (TPSA) is 67.5 Å². The van der Waals surface area contributed by atoms with E-state index >= 15 is 0 Å². The maximum Gasteiger partial charge on any atom is 0.343 e. The van der Waals surface area contributed by atoms with Gasteiger partial charge in [-0.3, -0.25) is 4.79 Å². The van der Waals surface area contributed by atoms with Crippen LogP contribution >= 0.6 is 15.9 Å². The number of rotatable bonds is 6. The van der Waals surface area contributed by atoms with Gasteiger partial charge in [0.1, 0.15) is 17.1 Å². The number of halogens is 1. The molecule has 3 rings (SSSR count). The standard InChI is InChI=1S/C19H16O4.C4H9Br/c1-12(20)11-15(13-7-3-2-4-8-13)17-18(21)14-9-5-6-10-16(14)23-19(17)22;1-2-3-4-5/h2-10,15,21H,11H2,1H3;2-4H2,1H3. The quantitative estimate of drug-likeness (QED) is 0.385. The fraction of sp³-hybridized carbons (Fsp3) is 0.304. The first kappa shape index (κ1) is 21.9. The second kappa shape index (κ2) is 10.8. The Bertz CT molecular complexity index is 961. The maximum absolute atomic E-state index is 12.4. The van der Waals surface area contributed by atoms with E-state index in [9.17, 15) is 14.7 Å². The van der Waals surface area contributed by atoms with E-state index in [0.717, 1.165) is 10.9 Å². The first-order chi connectivity index (χ1) is 13.5. The number of fused-ring (bicyclic) bond motifs is 1. The Labute approximate surface area is 173 Å². The molecule has 1 atom stereocenters. The molecule has 0 fully saturated rings. The molecule has 148 valence electrons. The molecule has 0 aliphatic rings. The number of unbranched alkanes of at least 4 members (excludes halogenated alkanes) is 1. The Morgan fingerprint density at radius 2 is 1.75 bits per heavy atom. The predicted octanol–water partition coefficient (Wildman–Crippen LogP) is 5.79. The van der Waals surface area contributed by atoms with Crippen LogP contribution in [-0.4, -0.2) is 16.2 Å². The highest BCUT2D eigenvalue weighted by Gasteiger charge is 2.25. The van der Waals surface area contributed by atoms with Crippen molar-refractivity contribution >= 4 is 32.7 Å². The van der Waals surface area contributed by atoms with Crippen LogP contribution in [0.15, 0.2) is 63.8 Å². The van der Waals surface area contributed by atoms with Crippen molar-refractivity contribution in [3.63, 3.8) is 0 Å². The van der Waals surface area contributed by atoms with Gasteiger partial charge in [-0.2, -0.15) is 0 Å². The summed E-state index contributed by atoms with van der Waals surface area (Å²) in [6, 6.07) is 16.0. The lowest BCUT2D eigenvalue weighted by molar-refractivity contribution is -0.117. The third-order valence-electron chi connectivity index (χ3n) is 4.35. The lowest BCUT2D eigenvalue weighted by atomic mass is 9.87. The molecular formula is C23H25BrO4. The van der Waals surface area contributed by atoms with Gasteiger partial charge in [0.2, 0.25) is 0 Å². The van der Waals surface area contributed by atoms with E-state index < -0.39 is 11.5 Å². The molecule has 0 saturated heterocycles. The number of Topliss-reactive ketones (excluding diaryl/α,β-unsaturated/α-hetero) is 1. The van der Waals surface area contributed by atoms with Gasteiger partial charge in [-0.25, -0.2) is 4.79 Å². The van der Waals surface area contributed by atoms with E-state index in [4.69, 9.17) is 4.42 Å². The summed E-state index contributed by atoms with van der Waals surface area (Å²) in [5.74, 6) is -0.715. The number of carbonyl (C=O) groups is 1. The molecule has 1 N–H and O–H groups in total. The summed E-state index contributed by atoms with van der Waals surface area (Å²) >= 11 is 3.31. The van der Waals surface area contributed by atoms with Crippen LogP contribution in [0.25, 0.3) is 11.0 Å². The van der Waals surface area contributed by atoms with Gasteiger partial charge in [0.25, 0.3) is 0 Å². The van der Waals surface area contributed by atoms with E-state index in [1.165, 1.54) is 19.8 Å². The van der Waals surface area contributed by atoms with Crippen molar-refractivity contribution in [2.24, 2.45) is 0 Å². The number of benzene rings is 2. The van der Waals surface area contributed by atoms with Gasteiger partial charge in [0.05, 0.1) is 10.9 Å². The third kappa shape index (κ3) is 5.55. The number of aromatic hydroxyl groups is 1. The summed E-state index contributed by atoms with van der Waals surface area (Å²) in [6.45, 7) is 3.65. The molecule has 0 aliphatic carbocycles. The summed E-state index contributed by atoms with van der Waals surface area (Å²) in [5, 5.41) is 12.2. The van der Waals surface area contributed by atoms with Crippen LogP contribution in [0.1, 0.15) is 50.2 Å². The average molecular weight is 445 g/mol. The van der Waals surface area contributed by atoms with Gasteiger partial charge in [0.15, 0.2) is 0 Å². The number of para-hydroxylation sites is 1. The number of ketones is 1. The summed E-state index contributed by atoms with van der Waals surface area (Å²) in [5.41, 5.74) is 0.635. The van der Waals surface area contributed by atoms with E-state index in [1.54, 1.807) is 24.3 Å². The molecule has 0 bridgehead atoms. The monoisotopic (exact) mass is 444 g/mol. The zero-order valence-corrected chi connectivity index (χ0v) is 17.7. The van der Waals surface area contributed by atoms with Crippen LogP contribution < -0.4 is 5.63 Å². The number of carbonyl (C=O) groups excluding carboxylic acids is 1. The van der Waals surface area contributed by atoms with Crippen molar-refractivity contribution < 1.29 is 14.3 Å². The molecule has 3 aromatic rings. The number of hydrogen-bond acceptors (Lipinski definition) is 4. The van der Waals surface area contributed by atoms with Crippen LogP contribution in [0, 0.1) is 0 Å². The summed E-state index contributed by atoms with van der Waals surface area (Å²) in [6.07, 6.45) is 2.73. The normalized spacial score (nSPS) is 11.5. The summed E-state index contributed by atoms with van der Waals surface area (Å²) in [4.78, 5) is 24.1. The molecule has 28 heavy (non-hydrogen) atoms. The third-order valence-corrected chi connectivity index (χ3v) is 4.91. The van der Waals surface area contributed by atoms with Crippen molar-refractivity contribution in [1.82, 2.24) is 0 Å². The number of alkyl halides is 1. The van der Waals surface area contributed by atoms with Gasteiger partial charge in [-0.1, -0.05) is 71.7 Å². The van der Waals surface area contributed by atoms with Gasteiger partial charge in [0, 0.05) is 17.7 Å². The van der Waals surface area contributed by atoms with Gasteiger partial charge >= 0.3 is 5.63 Å². The molecule has 0 saturated carbocycles. The zero-order chi connectivity index (χ0) is 20.5.